The summed E-state index contributed by atoms with van der Waals surface area (Å²) in [7, 11) is 0. The molecular formula is C23H14Cl3N3O2S. The molecule has 3 aromatic carbocycles. The van der Waals surface area contributed by atoms with Crippen LogP contribution in [0.15, 0.2) is 71.8 Å². The minimum Gasteiger partial charge on any atom is -0.321 e. The number of fused-ring (bicyclic) bond motifs is 1. The van der Waals surface area contributed by atoms with Crippen molar-refractivity contribution in [1.82, 2.24) is 5.43 Å². The molecule has 4 aromatic rings. The lowest BCUT2D eigenvalue weighted by atomic mass is 10.2. The van der Waals surface area contributed by atoms with Crippen molar-refractivity contribution in [2.24, 2.45) is 5.10 Å². The van der Waals surface area contributed by atoms with Crippen molar-refractivity contribution in [3.63, 3.8) is 0 Å². The van der Waals surface area contributed by atoms with E-state index in [0.717, 1.165) is 10.1 Å². The fraction of sp³-hybridized carbons (Fsp3) is 0. The monoisotopic (exact) mass is 501 g/mol. The maximum atomic E-state index is 12.6. The predicted octanol–water partition coefficient (Wildman–Crippen LogP) is 6.88. The molecule has 0 unspecified atom stereocenters. The second kappa shape index (κ2) is 9.71. The largest absolute Gasteiger partial charge is 0.321 e. The zero-order chi connectivity index (χ0) is 22.7. The van der Waals surface area contributed by atoms with Crippen LogP contribution in [-0.2, 0) is 0 Å². The first kappa shape index (κ1) is 22.3. The van der Waals surface area contributed by atoms with E-state index in [1.165, 1.54) is 17.6 Å². The van der Waals surface area contributed by atoms with Crippen LogP contribution in [0.25, 0.3) is 10.1 Å². The van der Waals surface area contributed by atoms with E-state index in [4.69, 9.17) is 34.8 Å². The second-order valence-corrected chi connectivity index (χ2v) is 8.91. The molecule has 1 aromatic heterocycles. The lowest BCUT2D eigenvalue weighted by Gasteiger charge is -2.05. The van der Waals surface area contributed by atoms with Gasteiger partial charge in [0.05, 0.1) is 16.3 Å². The minimum absolute atomic E-state index is 0.308. The van der Waals surface area contributed by atoms with E-state index in [1.807, 2.05) is 24.3 Å². The Labute approximate surface area is 202 Å². The van der Waals surface area contributed by atoms with Crippen molar-refractivity contribution >= 4 is 79.9 Å². The van der Waals surface area contributed by atoms with Gasteiger partial charge in [-0.05, 0) is 42.5 Å². The van der Waals surface area contributed by atoms with Crippen LogP contribution in [0.2, 0.25) is 15.1 Å². The Morgan fingerprint density at radius 3 is 2.38 bits per heavy atom. The zero-order valence-corrected chi connectivity index (χ0v) is 19.3. The third-order valence-corrected chi connectivity index (χ3v) is 6.71. The highest BCUT2D eigenvalue weighted by Gasteiger charge is 2.17. The highest BCUT2D eigenvalue weighted by Crippen LogP contribution is 2.35. The number of carbonyl (C=O) groups is 2. The van der Waals surface area contributed by atoms with Crippen LogP contribution >= 0.6 is 46.1 Å². The summed E-state index contributed by atoms with van der Waals surface area (Å²) in [5, 5.41) is 8.93. The number of amides is 2. The molecule has 4 rings (SSSR count). The molecule has 0 bridgehead atoms. The van der Waals surface area contributed by atoms with Crippen LogP contribution in [0, 0.1) is 0 Å². The quantitative estimate of drug-likeness (QED) is 0.231. The molecule has 0 radical (unpaired) electrons. The molecule has 9 heteroatoms. The van der Waals surface area contributed by atoms with Gasteiger partial charge in [0, 0.05) is 31.9 Å². The summed E-state index contributed by atoms with van der Waals surface area (Å²) in [6.45, 7) is 0. The first-order valence-electron chi connectivity index (χ1n) is 9.29. The average molecular weight is 503 g/mol. The number of thiophene rings is 1. The van der Waals surface area contributed by atoms with Gasteiger partial charge in [-0.2, -0.15) is 5.10 Å². The van der Waals surface area contributed by atoms with E-state index in [0.29, 0.717) is 36.8 Å². The molecule has 32 heavy (non-hydrogen) atoms. The van der Waals surface area contributed by atoms with Crippen molar-refractivity contribution in [1.29, 1.82) is 0 Å². The molecule has 160 valence electrons. The van der Waals surface area contributed by atoms with E-state index in [-0.39, 0.29) is 5.91 Å². The lowest BCUT2D eigenvalue weighted by Crippen LogP contribution is -2.17. The summed E-state index contributed by atoms with van der Waals surface area (Å²) < 4.78 is 0.940. The van der Waals surface area contributed by atoms with Gasteiger partial charge < -0.3 is 5.32 Å². The van der Waals surface area contributed by atoms with Crippen molar-refractivity contribution in [2.75, 3.05) is 5.32 Å². The van der Waals surface area contributed by atoms with Crippen molar-refractivity contribution < 1.29 is 9.59 Å². The zero-order valence-electron chi connectivity index (χ0n) is 16.2. The van der Waals surface area contributed by atoms with Crippen LogP contribution in [0.5, 0.6) is 0 Å². The van der Waals surface area contributed by atoms with Crippen LogP contribution in [0.1, 0.15) is 25.6 Å². The number of nitrogens with zero attached hydrogens (tertiary/aromatic N) is 1. The first-order chi connectivity index (χ1) is 15.4. The molecule has 0 aliphatic carbocycles. The number of rotatable bonds is 5. The van der Waals surface area contributed by atoms with Crippen LogP contribution in [-0.4, -0.2) is 18.0 Å². The van der Waals surface area contributed by atoms with E-state index >= 15 is 0 Å². The Morgan fingerprint density at radius 1 is 0.906 bits per heavy atom. The van der Waals surface area contributed by atoms with E-state index < -0.39 is 5.91 Å². The normalized spacial score (nSPS) is 11.1. The van der Waals surface area contributed by atoms with Gasteiger partial charge in [0.25, 0.3) is 11.8 Å². The Bertz CT molecular complexity index is 1350. The summed E-state index contributed by atoms with van der Waals surface area (Å²) in [6, 6.07) is 19.0. The molecule has 0 aliphatic heterocycles. The third kappa shape index (κ3) is 4.95. The molecule has 0 fully saturated rings. The van der Waals surface area contributed by atoms with E-state index in [1.54, 1.807) is 42.5 Å². The van der Waals surface area contributed by atoms with Gasteiger partial charge >= 0.3 is 0 Å². The Kier molecular flexibility index (Phi) is 6.77. The Hall–Kier alpha value is -2.90. The molecule has 1 heterocycles. The number of benzene rings is 3. The number of hydrazone groups is 1. The van der Waals surface area contributed by atoms with Gasteiger partial charge in [0.1, 0.15) is 4.88 Å². The number of nitrogens with one attached hydrogen (secondary N) is 2. The highest BCUT2D eigenvalue weighted by molar-refractivity contribution is 7.21. The van der Waals surface area contributed by atoms with Crippen LogP contribution in [0.3, 0.4) is 0 Å². The van der Waals surface area contributed by atoms with Crippen LogP contribution in [0.4, 0.5) is 5.69 Å². The van der Waals surface area contributed by atoms with E-state index in [2.05, 4.69) is 15.8 Å². The molecule has 5 nitrogen and oxygen atoms in total. The van der Waals surface area contributed by atoms with Gasteiger partial charge in [-0.25, -0.2) is 5.43 Å². The molecule has 0 saturated heterocycles. The number of halogens is 3. The van der Waals surface area contributed by atoms with Gasteiger partial charge in [-0.15, -0.1) is 11.3 Å². The van der Waals surface area contributed by atoms with Crippen molar-refractivity contribution in [3.8, 4) is 0 Å². The Morgan fingerprint density at radius 2 is 1.66 bits per heavy atom. The summed E-state index contributed by atoms with van der Waals surface area (Å²) in [6.07, 6.45) is 1.43. The molecule has 0 aliphatic rings. The third-order valence-electron chi connectivity index (χ3n) is 4.48. The van der Waals surface area contributed by atoms with E-state index in [9.17, 15) is 9.59 Å². The molecule has 0 spiro atoms. The molecule has 0 saturated carbocycles. The van der Waals surface area contributed by atoms with Crippen LogP contribution < -0.4 is 10.7 Å². The number of hydrogen-bond acceptors (Lipinski definition) is 4. The SMILES string of the molecule is O=C(N/N=C\c1ccc(Cl)cc1Cl)c1ccc(NC(=O)c2sc3ccccc3c2Cl)cc1. The number of anilines is 1. The average Bonchev–Trinajstić information content (AvgIpc) is 3.12. The van der Waals surface area contributed by atoms with Gasteiger partial charge in [-0.3, -0.25) is 9.59 Å². The summed E-state index contributed by atoms with van der Waals surface area (Å²) >= 11 is 19.6. The summed E-state index contributed by atoms with van der Waals surface area (Å²) in [5.74, 6) is -0.713. The van der Waals surface area contributed by atoms with Crippen molar-refractivity contribution in [3.05, 3.63) is 97.8 Å². The lowest BCUT2D eigenvalue weighted by molar-refractivity contribution is 0.0954. The molecule has 2 amide bonds. The molecule has 0 atom stereocenters. The first-order valence-corrected chi connectivity index (χ1v) is 11.2. The summed E-state index contributed by atoms with van der Waals surface area (Å²) in [4.78, 5) is 25.4. The fourth-order valence-corrected chi connectivity index (χ4v) is 4.75. The minimum atomic E-state index is -0.406. The fourth-order valence-electron chi connectivity index (χ4n) is 2.88. The Balaban J connectivity index is 1.40. The smallest absolute Gasteiger partial charge is 0.271 e. The highest BCUT2D eigenvalue weighted by atomic mass is 35.5. The number of carbonyl (C=O) groups excluding carboxylic acids is 2. The molecular weight excluding hydrogens is 489 g/mol. The number of hydrogen-bond donors (Lipinski definition) is 2. The predicted molar refractivity (Wildman–Crippen MR) is 133 cm³/mol. The summed E-state index contributed by atoms with van der Waals surface area (Å²) in [5.41, 5.74) is 3.97. The van der Waals surface area contributed by atoms with Gasteiger partial charge in [0.2, 0.25) is 0 Å². The maximum absolute atomic E-state index is 12.6. The molecule has 2 N–H and O–H groups in total. The second-order valence-electron chi connectivity index (χ2n) is 6.64. The maximum Gasteiger partial charge on any atom is 0.271 e. The standard InChI is InChI=1S/C23H14Cl3N3O2S/c24-15-8-5-14(18(25)11-15)12-27-29-22(30)13-6-9-16(10-7-13)28-23(31)21-20(26)17-3-1-2-4-19(17)32-21/h1-12H,(H,28,31)(H,29,30)/b27-12-. The van der Waals surface area contributed by atoms with Gasteiger partial charge in [-0.1, -0.05) is 59.1 Å². The van der Waals surface area contributed by atoms with Crippen molar-refractivity contribution in [2.45, 2.75) is 0 Å². The van der Waals surface area contributed by atoms with Gasteiger partial charge in [0.15, 0.2) is 0 Å². The topological polar surface area (TPSA) is 70.6 Å².